The van der Waals surface area contributed by atoms with Crippen molar-refractivity contribution in [2.45, 2.75) is 46.3 Å². The predicted octanol–water partition coefficient (Wildman–Crippen LogP) is 6.25. The third-order valence-corrected chi connectivity index (χ3v) is 4.61. The van der Waals surface area contributed by atoms with Gasteiger partial charge in [0.25, 0.3) is 0 Å². The second kappa shape index (κ2) is 11.3. The lowest BCUT2D eigenvalue weighted by atomic mass is 10.1. The molecule has 0 atom stereocenters. The molecule has 0 unspecified atom stereocenters. The van der Waals surface area contributed by atoms with E-state index in [0.717, 1.165) is 35.7 Å². The van der Waals surface area contributed by atoms with E-state index >= 15 is 0 Å². The highest BCUT2D eigenvalue weighted by atomic mass is 35.5. The zero-order valence-corrected chi connectivity index (χ0v) is 17.0. The Morgan fingerprint density at radius 3 is 2.54 bits per heavy atom. The Morgan fingerprint density at radius 2 is 1.81 bits per heavy atom. The van der Waals surface area contributed by atoms with Crippen molar-refractivity contribution >= 4 is 23.2 Å². The van der Waals surface area contributed by atoms with Crippen LogP contribution in [0.15, 0.2) is 36.4 Å². The number of hydrogen-bond donors (Lipinski definition) is 1. The minimum atomic E-state index is 0.364. The second-order valence-electron chi connectivity index (χ2n) is 6.09. The molecule has 0 fully saturated rings. The van der Waals surface area contributed by atoms with Gasteiger partial charge in [-0.15, -0.1) is 0 Å². The van der Waals surface area contributed by atoms with E-state index in [2.05, 4.69) is 18.3 Å². The predicted molar refractivity (Wildman–Crippen MR) is 110 cm³/mol. The summed E-state index contributed by atoms with van der Waals surface area (Å²) in [5.74, 6) is 1.52. The number of hydrogen-bond acceptors (Lipinski definition) is 3. The number of unbranched alkanes of at least 4 members (excludes halogenated alkanes) is 2. The topological polar surface area (TPSA) is 30.5 Å². The summed E-state index contributed by atoms with van der Waals surface area (Å²) in [7, 11) is 0. The number of rotatable bonds is 11. The van der Waals surface area contributed by atoms with Crippen LogP contribution in [0.3, 0.4) is 0 Å². The molecule has 0 radical (unpaired) electrons. The fourth-order valence-electron chi connectivity index (χ4n) is 2.65. The fourth-order valence-corrected chi connectivity index (χ4v) is 3.11. The molecule has 0 amide bonds. The molecule has 0 saturated carbocycles. The maximum atomic E-state index is 6.26. The lowest BCUT2D eigenvalue weighted by molar-refractivity contribution is 0.266. The summed E-state index contributed by atoms with van der Waals surface area (Å²) in [6, 6.07) is 11.4. The molecule has 0 aliphatic carbocycles. The average Bonchev–Trinajstić information content (AvgIpc) is 2.62. The van der Waals surface area contributed by atoms with E-state index in [0.29, 0.717) is 23.3 Å². The molecule has 2 aromatic carbocycles. The summed E-state index contributed by atoms with van der Waals surface area (Å²) in [5.41, 5.74) is 1.97. The zero-order valence-electron chi connectivity index (χ0n) is 15.5. The summed E-state index contributed by atoms with van der Waals surface area (Å²) in [4.78, 5) is 0. The van der Waals surface area contributed by atoms with Gasteiger partial charge in [0.15, 0.2) is 11.5 Å². The van der Waals surface area contributed by atoms with Crippen LogP contribution in [0.4, 0.5) is 0 Å². The highest BCUT2D eigenvalue weighted by Gasteiger charge is 2.12. The van der Waals surface area contributed by atoms with Gasteiger partial charge in [0, 0.05) is 27.7 Å². The van der Waals surface area contributed by atoms with Crippen molar-refractivity contribution in [1.29, 1.82) is 0 Å². The second-order valence-corrected chi connectivity index (χ2v) is 6.93. The summed E-state index contributed by atoms with van der Waals surface area (Å²) in [6.45, 7) is 6.87. The molecule has 142 valence electrons. The molecular weight excluding hydrogens is 369 g/mol. The van der Waals surface area contributed by atoms with Gasteiger partial charge in [0.1, 0.15) is 6.61 Å². The Balaban J connectivity index is 2.09. The first kappa shape index (κ1) is 20.9. The van der Waals surface area contributed by atoms with Crippen molar-refractivity contribution in [3.63, 3.8) is 0 Å². The Morgan fingerprint density at radius 1 is 0.962 bits per heavy atom. The largest absolute Gasteiger partial charge is 0.490 e. The van der Waals surface area contributed by atoms with E-state index in [4.69, 9.17) is 32.7 Å². The van der Waals surface area contributed by atoms with Gasteiger partial charge < -0.3 is 14.8 Å². The van der Waals surface area contributed by atoms with Gasteiger partial charge in [0.2, 0.25) is 0 Å². The molecule has 0 spiro atoms. The summed E-state index contributed by atoms with van der Waals surface area (Å²) >= 11 is 12.2. The highest BCUT2D eigenvalue weighted by Crippen LogP contribution is 2.33. The number of halogens is 2. The van der Waals surface area contributed by atoms with E-state index in [-0.39, 0.29) is 0 Å². The van der Waals surface area contributed by atoms with Crippen LogP contribution in [0.1, 0.15) is 44.2 Å². The third kappa shape index (κ3) is 6.39. The fraction of sp³-hybridized carbons (Fsp3) is 0.429. The van der Waals surface area contributed by atoms with Gasteiger partial charge in [-0.25, -0.2) is 0 Å². The molecule has 0 heterocycles. The third-order valence-electron chi connectivity index (χ3n) is 4.02. The van der Waals surface area contributed by atoms with E-state index in [9.17, 15) is 0 Å². The Bertz CT molecular complexity index is 692. The monoisotopic (exact) mass is 395 g/mol. The van der Waals surface area contributed by atoms with E-state index in [1.165, 1.54) is 19.3 Å². The smallest absolute Gasteiger partial charge is 0.166 e. The van der Waals surface area contributed by atoms with Crippen LogP contribution < -0.4 is 14.8 Å². The molecule has 5 heteroatoms. The maximum Gasteiger partial charge on any atom is 0.166 e. The lowest BCUT2D eigenvalue weighted by Crippen LogP contribution is -2.16. The zero-order chi connectivity index (χ0) is 18.8. The van der Waals surface area contributed by atoms with Gasteiger partial charge in [-0.1, -0.05) is 61.2 Å². The van der Waals surface area contributed by atoms with E-state index < -0.39 is 0 Å². The molecular formula is C21H27Cl2NO2. The molecule has 0 aliphatic heterocycles. The van der Waals surface area contributed by atoms with Crippen LogP contribution in [0.25, 0.3) is 0 Å². The molecule has 26 heavy (non-hydrogen) atoms. The van der Waals surface area contributed by atoms with Crippen LogP contribution in [0.5, 0.6) is 11.5 Å². The molecule has 2 aromatic rings. The summed E-state index contributed by atoms with van der Waals surface area (Å²) in [5, 5.41) is 4.70. The van der Waals surface area contributed by atoms with E-state index in [1.807, 2.05) is 31.2 Å². The van der Waals surface area contributed by atoms with Crippen molar-refractivity contribution in [3.8, 4) is 11.5 Å². The number of ether oxygens (including phenoxy) is 2. The quantitative estimate of drug-likeness (QED) is 0.456. The van der Waals surface area contributed by atoms with Crippen molar-refractivity contribution in [3.05, 3.63) is 57.6 Å². The number of benzene rings is 2. The van der Waals surface area contributed by atoms with Crippen molar-refractivity contribution in [1.82, 2.24) is 5.32 Å². The molecule has 0 aromatic heterocycles. The van der Waals surface area contributed by atoms with Gasteiger partial charge >= 0.3 is 0 Å². The standard InChI is InChI=1S/C21H27Cl2NO2/c1-3-5-6-12-24-14-16-8-7-9-20(25-4-2)21(16)26-15-17-10-11-18(22)13-19(17)23/h7-11,13,24H,3-6,12,14-15H2,1-2H3. The maximum absolute atomic E-state index is 6.26. The SMILES string of the molecule is CCCCCNCc1cccc(OCC)c1OCc1ccc(Cl)cc1Cl. The summed E-state index contributed by atoms with van der Waals surface area (Å²) < 4.78 is 11.9. The van der Waals surface area contributed by atoms with Crippen molar-refractivity contribution in [2.24, 2.45) is 0 Å². The number of nitrogens with one attached hydrogen (secondary N) is 1. The molecule has 0 bridgehead atoms. The number of para-hydroxylation sites is 1. The van der Waals surface area contributed by atoms with Gasteiger partial charge in [0.05, 0.1) is 6.61 Å². The van der Waals surface area contributed by atoms with Crippen LogP contribution in [-0.4, -0.2) is 13.2 Å². The molecule has 0 saturated heterocycles. The lowest BCUT2D eigenvalue weighted by Gasteiger charge is -2.17. The van der Waals surface area contributed by atoms with Gasteiger partial charge in [-0.3, -0.25) is 0 Å². The molecule has 0 aliphatic rings. The van der Waals surface area contributed by atoms with Crippen molar-refractivity contribution in [2.75, 3.05) is 13.2 Å². The van der Waals surface area contributed by atoms with Crippen molar-refractivity contribution < 1.29 is 9.47 Å². The van der Waals surface area contributed by atoms with Gasteiger partial charge in [-0.2, -0.15) is 0 Å². The Labute approximate surface area is 166 Å². The minimum absolute atomic E-state index is 0.364. The molecule has 3 nitrogen and oxygen atoms in total. The molecule has 1 N–H and O–H groups in total. The van der Waals surface area contributed by atoms with Crippen LogP contribution in [0, 0.1) is 0 Å². The summed E-state index contributed by atoms with van der Waals surface area (Å²) in [6.07, 6.45) is 3.64. The first-order valence-corrected chi connectivity index (χ1v) is 9.93. The van der Waals surface area contributed by atoms with Crippen LogP contribution >= 0.6 is 23.2 Å². The minimum Gasteiger partial charge on any atom is -0.490 e. The Hall–Kier alpha value is -1.42. The first-order chi connectivity index (χ1) is 12.7. The Kier molecular flexibility index (Phi) is 9.10. The molecule has 2 rings (SSSR count). The highest BCUT2D eigenvalue weighted by molar-refractivity contribution is 6.35. The normalized spacial score (nSPS) is 10.8. The van der Waals surface area contributed by atoms with Gasteiger partial charge in [-0.05, 0) is 38.1 Å². The average molecular weight is 396 g/mol. The van der Waals surface area contributed by atoms with Crippen LogP contribution in [-0.2, 0) is 13.2 Å². The van der Waals surface area contributed by atoms with E-state index in [1.54, 1.807) is 6.07 Å². The van der Waals surface area contributed by atoms with Crippen LogP contribution in [0.2, 0.25) is 10.0 Å². The first-order valence-electron chi connectivity index (χ1n) is 9.17.